The first-order chi connectivity index (χ1) is 13.9. The maximum Gasteiger partial charge on any atom is 0.270 e. The number of thiocarbonyl (C=S) groups is 1. The third kappa shape index (κ3) is 4.74. The molecule has 0 N–H and O–H groups in total. The van der Waals surface area contributed by atoms with Gasteiger partial charge in [-0.25, -0.2) is 0 Å². The zero-order chi connectivity index (χ0) is 21.0. The summed E-state index contributed by atoms with van der Waals surface area (Å²) >= 11 is 6.77. The molecule has 5 nitrogen and oxygen atoms in total. The zero-order valence-electron chi connectivity index (χ0n) is 17.0. The van der Waals surface area contributed by atoms with Crippen LogP contribution in [-0.4, -0.2) is 38.0 Å². The van der Waals surface area contributed by atoms with Gasteiger partial charge in [0.25, 0.3) is 5.91 Å². The Labute approximate surface area is 181 Å². The summed E-state index contributed by atoms with van der Waals surface area (Å²) in [6, 6.07) is 13.4. The van der Waals surface area contributed by atoms with Crippen LogP contribution in [0.2, 0.25) is 0 Å². The zero-order valence-corrected chi connectivity index (χ0v) is 18.6. The van der Waals surface area contributed by atoms with Gasteiger partial charge in [0.15, 0.2) is 15.8 Å². The first-order valence-electron chi connectivity index (χ1n) is 9.30. The van der Waals surface area contributed by atoms with E-state index in [-0.39, 0.29) is 5.91 Å². The normalized spacial score (nSPS) is 15.2. The van der Waals surface area contributed by atoms with Crippen molar-refractivity contribution in [3.8, 4) is 11.5 Å². The van der Waals surface area contributed by atoms with Crippen LogP contribution in [-0.2, 0) is 4.79 Å². The molecule has 1 heterocycles. The quantitative estimate of drug-likeness (QED) is 0.459. The lowest BCUT2D eigenvalue weighted by Gasteiger charge is -2.17. The highest BCUT2D eigenvalue weighted by Gasteiger charge is 2.33. The molecule has 1 aliphatic heterocycles. The minimum atomic E-state index is -0.122. The van der Waals surface area contributed by atoms with Crippen LogP contribution >= 0.6 is 24.0 Å². The van der Waals surface area contributed by atoms with Crippen LogP contribution in [0.5, 0.6) is 11.5 Å². The Bertz CT molecular complexity index is 940. The summed E-state index contributed by atoms with van der Waals surface area (Å²) in [5, 5.41) is 0. The molecular weight excluding hydrogens is 404 g/mol. The monoisotopic (exact) mass is 428 g/mol. The summed E-state index contributed by atoms with van der Waals surface area (Å²) in [7, 11) is 5.56. The third-order valence-electron chi connectivity index (χ3n) is 4.37. The summed E-state index contributed by atoms with van der Waals surface area (Å²) in [6.45, 7) is 2.68. The second kappa shape index (κ2) is 9.33. The van der Waals surface area contributed by atoms with Crippen LogP contribution in [0.4, 0.5) is 11.4 Å². The molecule has 29 heavy (non-hydrogen) atoms. The summed E-state index contributed by atoms with van der Waals surface area (Å²) in [4.78, 5) is 17.1. The standard InChI is InChI=1S/C22H24N2O3S2/c1-5-12-27-18-11-6-15(13-19(18)26-4)14-20-21(25)24(22(28)29-20)17-9-7-16(8-10-17)23(2)3/h6-11,13-14H,5,12H2,1-4H3/b20-14-. The van der Waals surface area contributed by atoms with Crippen molar-refractivity contribution in [3.63, 3.8) is 0 Å². The van der Waals surface area contributed by atoms with E-state index in [1.54, 1.807) is 12.0 Å². The second-order valence-corrected chi connectivity index (χ2v) is 8.36. The average Bonchev–Trinajstić information content (AvgIpc) is 2.99. The molecule has 2 aromatic rings. The fourth-order valence-corrected chi connectivity index (χ4v) is 4.15. The lowest BCUT2D eigenvalue weighted by Crippen LogP contribution is -2.27. The van der Waals surface area contributed by atoms with Gasteiger partial charge in [-0.3, -0.25) is 9.69 Å². The summed E-state index contributed by atoms with van der Waals surface area (Å²) in [6.07, 6.45) is 2.75. The van der Waals surface area contributed by atoms with E-state index in [4.69, 9.17) is 21.7 Å². The number of methoxy groups -OCH3 is 1. The number of anilines is 2. The molecule has 1 fully saturated rings. The fraction of sp³-hybridized carbons (Fsp3) is 0.273. The van der Waals surface area contributed by atoms with Gasteiger partial charge >= 0.3 is 0 Å². The van der Waals surface area contributed by atoms with Gasteiger partial charge < -0.3 is 14.4 Å². The number of hydrogen-bond donors (Lipinski definition) is 0. The first-order valence-corrected chi connectivity index (χ1v) is 10.5. The number of benzene rings is 2. The van der Waals surface area contributed by atoms with Crippen LogP contribution in [0.15, 0.2) is 47.4 Å². The highest BCUT2D eigenvalue weighted by atomic mass is 32.2. The molecular formula is C22H24N2O3S2. The smallest absolute Gasteiger partial charge is 0.270 e. The highest BCUT2D eigenvalue weighted by molar-refractivity contribution is 8.27. The van der Waals surface area contributed by atoms with Gasteiger partial charge in [-0.15, -0.1) is 0 Å². The van der Waals surface area contributed by atoms with Crippen molar-refractivity contribution >= 4 is 51.7 Å². The molecule has 2 aromatic carbocycles. The molecule has 0 aliphatic carbocycles. The van der Waals surface area contributed by atoms with E-state index in [1.165, 1.54) is 11.8 Å². The first kappa shape index (κ1) is 21.2. The molecule has 0 aromatic heterocycles. The van der Waals surface area contributed by atoms with Crippen molar-refractivity contribution in [2.24, 2.45) is 0 Å². The summed E-state index contributed by atoms with van der Waals surface area (Å²) < 4.78 is 11.6. The van der Waals surface area contributed by atoms with Crippen molar-refractivity contribution in [3.05, 3.63) is 52.9 Å². The van der Waals surface area contributed by atoms with Crippen molar-refractivity contribution in [1.82, 2.24) is 0 Å². The molecule has 152 valence electrons. The Balaban J connectivity index is 1.84. The molecule has 3 rings (SSSR count). The molecule has 0 atom stereocenters. The highest BCUT2D eigenvalue weighted by Crippen LogP contribution is 2.37. The maximum atomic E-state index is 13.0. The Morgan fingerprint density at radius 2 is 1.86 bits per heavy atom. The lowest BCUT2D eigenvalue weighted by molar-refractivity contribution is -0.113. The van der Waals surface area contributed by atoms with E-state index in [9.17, 15) is 4.79 Å². The minimum Gasteiger partial charge on any atom is -0.493 e. The number of hydrogen-bond acceptors (Lipinski definition) is 6. The van der Waals surface area contributed by atoms with E-state index in [2.05, 4.69) is 6.92 Å². The molecule has 0 spiro atoms. The number of carbonyl (C=O) groups excluding carboxylic acids is 1. The van der Waals surface area contributed by atoms with E-state index in [0.717, 1.165) is 23.4 Å². The van der Waals surface area contributed by atoms with E-state index in [0.29, 0.717) is 27.3 Å². The molecule has 0 unspecified atom stereocenters. The van der Waals surface area contributed by atoms with Crippen LogP contribution in [0.25, 0.3) is 6.08 Å². The van der Waals surface area contributed by atoms with Gasteiger partial charge in [-0.2, -0.15) is 0 Å². The fourth-order valence-electron chi connectivity index (χ4n) is 2.85. The SMILES string of the molecule is CCCOc1ccc(/C=C2\SC(=S)N(c3ccc(N(C)C)cc3)C2=O)cc1OC. The predicted molar refractivity (Wildman–Crippen MR) is 125 cm³/mol. The van der Waals surface area contributed by atoms with Crippen LogP contribution in [0.1, 0.15) is 18.9 Å². The molecule has 0 bridgehead atoms. The number of ether oxygens (including phenoxy) is 2. The van der Waals surface area contributed by atoms with Crippen molar-refractivity contribution in [2.45, 2.75) is 13.3 Å². The summed E-state index contributed by atoms with van der Waals surface area (Å²) in [5.41, 5.74) is 2.68. The van der Waals surface area contributed by atoms with E-state index < -0.39 is 0 Å². The minimum absolute atomic E-state index is 0.122. The summed E-state index contributed by atoms with van der Waals surface area (Å²) in [5.74, 6) is 1.21. The molecule has 7 heteroatoms. The molecule has 0 radical (unpaired) electrons. The van der Waals surface area contributed by atoms with E-state index in [1.807, 2.05) is 67.5 Å². The number of thioether (sulfide) groups is 1. The van der Waals surface area contributed by atoms with Crippen LogP contribution < -0.4 is 19.3 Å². The van der Waals surface area contributed by atoms with Gasteiger partial charge in [-0.05, 0) is 54.5 Å². The van der Waals surface area contributed by atoms with Gasteiger partial charge in [0.05, 0.1) is 24.3 Å². The second-order valence-electron chi connectivity index (χ2n) is 6.69. The van der Waals surface area contributed by atoms with Gasteiger partial charge in [0, 0.05) is 19.8 Å². The topological polar surface area (TPSA) is 42.0 Å². The number of nitrogens with zero attached hydrogens (tertiary/aromatic N) is 2. The third-order valence-corrected chi connectivity index (χ3v) is 5.67. The maximum absolute atomic E-state index is 13.0. The van der Waals surface area contributed by atoms with Crippen LogP contribution in [0.3, 0.4) is 0 Å². The Kier molecular flexibility index (Phi) is 6.82. The molecule has 1 amide bonds. The van der Waals surface area contributed by atoms with Crippen molar-refractivity contribution < 1.29 is 14.3 Å². The van der Waals surface area contributed by atoms with Gasteiger partial charge in [-0.1, -0.05) is 37.0 Å². The Morgan fingerprint density at radius 1 is 1.14 bits per heavy atom. The molecule has 0 saturated carbocycles. The van der Waals surface area contributed by atoms with Crippen LogP contribution in [0, 0.1) is 0 Å². The number of carbonyl (C=O) groups is 1. The van der Waals surface area contributed by atoms with Gasteiger partial charge in [0.2, 0.25) is 0 Å². The Morgan fingerprint density at radius 3 is 2.48 bits per heavy atom. The number of amides is 1. The molecule has 1 aliphatic rings. The lowest BCUT2D eigenvalue weighted by atomic mass is 10.1. The molecule has 1 saturated heterocycles. The van der Waals surface area contributed by atoms with Crippen molar-refractivity contribution in [2.75, 3.05) is 37.6 Å². The predicted octanol–water partition coefficient (Wildman–Crippen LogP) is 4.96. The van der Waals surface area contributed by atoms with E-state index >= 15 is 0 Å². The number of rotatable bonds is 7. The average molecular weight is 429 g/mol. The van der Waals surface area contributed by atoms with Crippen molar-refractivity contribution in [1.29, 1.82) is 0 Å². The van der Waals surface area contributed by atoms with Gasteiger partial charge in [0.1, 0.15) is 0 Å². The largest absolute Gasteiger partial charge is 0.493 e. The Hall–Kier alpha value is -2.51.